The highest BCUT2D eigenvalue weighted by molar-refractivity contribution is 5.82. The van der Waals surface area contributed by atoms with E-state index < -0.39 is 11.2 Å². The molecule has 0 amide bonds. The van der Waals surface area contributed by atoms with Gasteiger partial charge in [0.15, 0.2) is 28.8 Å². The van der Waals surface area contributed by atoms with Gasteiger partial charge in [-0.25, -0.2) is 4.98 Å². The van der Waals surface area contributed by atoms with Crippen molar-refractivity contribution in [2.45, 2.75) is 6.92 Å². The minimum atomic E-state index is -0.619. The second kappa shape index (κ2) is 7.45. The number of nitrogens with one attached hydrogen (secondary N) is 1. The van der Waals surface area contributed by atoms with Gasteiger partial charge in [-0.2, -0.15) is 0 Å². The zero-order chi connectivity index (χ0) is 22.3. The Labute approximate surface area is 175 Å². The third-order valence-electron chi connectivity index (χ3n) is 4.68. The SMILES string of the molecule is COc1cc(-c2nc(-c3ccc(O)c(O)c3)[nH]c2-c2oc(C)cc(=O)c2O)ccc1O. The molecule has 0 aliphatic carbocycles. The number of ether oxygens (including phenoxy) is 1. The predicted octanol–water partition coefficient (Wildman–Crippen LogP) is 3.50. The van der Waals surface area contributed by atoms with Crippen LogP contribution in [0.5, 0.6) is 28.7 Å². The molecular weight excluding hydrogens is 404 g/mol. The fourth-order valence-electron chi connectivity index (χ4n) is 3.15. The van der Waals surface area contributed by atoms with Gasteiger partial charge in [0.2, 0.25) is 11.2 Å². The Morgan fingerprint density at radius 1 is 0.935 bits per heavy atom. The molecule has 0 aliphatic rings. The normalized spacial score (nSPS) is 10.9. The lowest BCUT2D eigenvalue weighted by Crippen LogP contribution is -2.01. The number of phenolic OH excluding ortho intramolecular Hbond substituents is 3. The Hall–Kier alpha value is -4.40. The fourth-order valence-corrected chi connectivity index (χ4v) is 3.15. The number of H-pyrrole nitrogens is 1. The standard InChI is InChI=1S/C22H18N2O7/c1-10-7-16(28)20(29)21(31-10)19-18(11-3-6-14(26)17(9-11)30-2)23-22(24-19)12-4-5-13(25)15(27)8-12/h3-9,25-27,29H,1-2H3,(H,23,24). The van der Waals surface area contributed by atoms with Crippen LogP contribution in [0.1, 0.15) is 5.76 Å². The first-order valence-electron chi connectivity index (χ1n) is 9.12. The van der Waals surface area contributed by atoms with E-state index in [1.165, 1.54) is 37.4 Å². The molecule has 0 spiro atoms. The highest BCUT2D eigenvalue weighted by atomic mass is 16.5. The van der Waals surface area contributed by atoms with Gasteiger partial charge in [-0.15, -0.1) is 0 Å². The van der Waals surface area contributed by atoms with E-state index in [2.05, 4.69) is 9.97 Å². The fraction of sp³-hybridized carbons (Fsp3) is 0.0909. The summed E-state index contributed by atoms with van der Waals surface area (Å²) in [4.78, 5) is 19.7. The van der Waals surface area contributed by atoms with Crippen molar-refractivity contribution in [3.8, 4) is 62.8 Å². The minimum absolute atomic E-state index is 0.0723. The van der Waals surface area contributed by atoms with Crippen LogP contribution in [-0.4, -0.2) is 37.5 Å². The Bertz CT molecular complexity index is 1350. The first-order valence-corrected chi connectivity index (χ1v) is 9.12. The molecule has 4 rings (SSSR count). The highest BCUT2D eigenvalue weighted by Gasteiger charge is 2.23. The zero-order valence-corrected chi connectivity index (χ0v) is 16.5. The van der Waals surface area contributed by atoms with Gasteiger partial charge in [0, 0.05) is 17.2 Å². The summed E-state index contributed by atoms with van der Waals surface area (Å²) in [7, 11) is 1.40. The van der Waals surface area contributed by atoms with E-state index in [0.29, 0.717) is 16.8 Å². The van der Waals surface area contributed by atoms with Gasteiger partial charge in [-0.1, -0.05) is 0 Å². The largest absolute Gasteiger partial charge is 0.504 e. The number of hydrogen-bond donors (Lipinski definition) is 5. The van der Waals surface area contributed by atoms with E-state index in [0.717, 1.165) is 6.07 Å². The molecule has 5 N–H and O–H groups in total. The summed E-state index contributed by atoms with van der Waals surface area (Å²) >= 11 is 0. The van der Waals surface area contributed by atoms with Crippen LogP contribution in [0.15, 0.2) is 51.7 Å². The molecule has 158 valence electrons. The zero-order valence-electron chi connectivity index (χ0n) is 16.5. The van der Waals surface area contributed by atoms with E-state index in [-0.39, 0.29) is 46.0 Å². The molecule has 2 aromatic heterocycles. The Balaban J connectivity index is 2.00. The lowest BCUT2D eigenvalue weighted by Gasteiger charge is -2.08. The minimum Gasteiger partial charge on any atom is -0.504 e. The van der Waals surface area contributed by atoms with Crippen LogP contribution in [0, 0.1) is 6.92 Å². The number of benzene rings is 2. The van der Waals surface area contributed by atoms with E-state index in [1.807, 2.05) is 0 Å². The molecule has 4 aromatic rings. The maximum Gasteiger partial charge on any atom is 0.227 e. The van der Waals surface area contributed by atoms with Crippen molar-refractivity contribution >= 4 is 0 Å². The van der Waals surface area contributed by atoms with Crippen LogP contribution >= 0.6 is 0 Å². The molecule has 0 bridgehead atoms. The molecule has 31 heavy (non-hydrogen) atoms. The molecule has 2 heterocycles. The summed E-state index contributed by atoms with van der Waals surface area (Å²) in [5.41, 5.74) is 0.812. The molecule has 0 fully saturated rings. The van der Waals surface area contributed by atoms with Crippen molar-refractivity contribution in [1.82, 2.24) is 9.97 Å². The number of imidazole rings is 1. The van der Waals surface area contributed by atoms with Gasteiger partial charge in [-0.3, -0.25) is 4.79 Å². The number of aromatic nitrogens is 2. The molecule has 9 heteroatoms. The van der Waals surface area contributed by atoms with Gasteiger partial charge in [0.1, 0.15) is 23.0 Å². The van der Waals surface area contributed by atoms with E-state index in [9.17, 15) is 25.2 Å². The maximum absolute atomic E-state index is 12.1. The second-order valence-corrected chi connectivity index (χ2v) is 6.80. The van der Waals surface area contributed by atoms with Crippen LogP contribution < -0.4 is 10.2 Å². The number of phenols is 3. The second-order valence-electron chi connectivity index (χ2n) is 6.80. The van der Waals surface area contributed by atoms with Crippen molar-refractivity contribution in [3.05, 3.63) is 58.4 Å². The topological polar surface area (TPSA) is 149 Å². The van der Waals surface area contributed by atoms with Gasteiger partial charge >= 0.3 is 0 Å². The molecule has 0 unspecified atom stereocenters. The molecule has 0 saturated carbocycles. The van der Waals surface area contributed by atoms with E-state index in [1.54, 1.807) is 13.0 Å². The number of nitrogens with zero attached hydrogens (tertiary/aromatic N) is 1. The van der Waals surface area contributed by atoms with Crippen molar-refractivity contribution in [1.29, 1.82) is 0 Å². The average Bonchev–Trinajstić information content (AvgIpc) is 3.18. The van der Waals surface area contributed by atoms with Gasteiger partial charge < -0.3 is 34.6 Å². The summed E-state index contributed by atoms with van der Waals surface area (Å²) in [6.07, 6.45) is 0. The van der Waals surface area contributed by atoms with Gasteiger partial charge in [0.05, 0.1) is 7.11 Å². The van der Waals surface area contributed by atoms with Crippen molar-refractivity contribution in [2.75, 3.05) is 7.11 Å². The van der Waals surface area contributed by atoms with Crippen LogP contribution in [0.3, 0.4) is 0 Å². The van der Waals surface area contributed by atoms with Crippen LogP contribution in [0.2, 0.25) is 0 Å². The highest BCUT2D eigenvalue weighted by Crippen LogP contribution is 2.40. The Kier molecular flexibility index (Phi) is 4.78. The van der Waals surface area contributed by atoms with Crippen molar-refractivity contribution < 1.29 is 29.6 Å². The monoisotopic (exact) mass is 422 g/mol. The molecule has 0 radical (unpaired) electrons. The predicted molar refractivity (Wildman–Crippen MR) is 111 cm³/mol. The van der Waals surface area contributed by atoms with Crippen LogP contribution in [-0.2, 0) is 0 Å². The Morgan fingerprint density at radius 3 is 2.35 bits per heavy atom. The number of aromatic hydroxyl groups is 4. The average molecular weight is 422 g/mol. The number of rotatable bonds is 4. The van der Waals surface area contributed by atoms with Gasteiger partial charge in [-0.05, 0) is 43.3 Å². The molecule has 0 atom stereocenters. The number of methoxy groups -OCH3 is 1. The first-order chi connectivity index (χ1) is 14.8. The third kappa shape index (κ3) is 3.52. The van der Waals surface area contributed by atoms with Gasteiger partial charge in [0.25, 0.3) is 0 Å². The lowest BCUT2D eigenvalue weighted by molar-refractivity contribution is 0.373. The molecule has 0 saturated heterocycles. The molecule has 9 nitrogen and oxygen atoms in total. The molecule has 2 aromatic carbocycles. The molecular formula is C22H18N2O7. The summed E-state index contributed by atoms with van der Waals surface area (Å²) in [5.74, 6) is -0.659. The summed E-state index contributed by atoms with van der Waals surface area (Å²) in [6, 6.07) is 9.86. The van der Waals surface area contributed by atoms with E-state index >= 15 is 0 Å². The van der Waals surface area contributed by atoms with Crippen LogP contribution in [0.25, 0.3) is 34.1 Å². The first kappa shape index (κ1) is 19.9. The maximum atomic E-state index is 12.1. The molecule has 0 aliphatic heterocycles. The van der Waals surface area contributed by atoms with Crippen LogP contribution in [0.4, 0.5) is 0 Å². The lowest BCUT2D eigenvalue weighted by atomic mass is 10.1. The summed E-state index contributed by atoms with van der Waals surface area (Å²) in [5, 5.41) is 39.7. The van der Waals surface area contributed by atoms with E-state index in [4.69, 9.17) is 9.15 Å². The number of hydrogen-bond acceptors (Lipinski definition) is 8. The summed E-state index contributed by atoms with van der Waals surface area (Å²) < 4.78 is 10.8. The Morgan fingerprint density at radius 2 is 1.65 bits per heavy atom. The number of aryl methyl sites for hydroxylation is 1. The summed E-state index contributed by atoms with van der Waals surface area (Å²) in [6.45, 7) is 1.57. The quantitative estimate of drug-likeness (QED) is 0.314. The third-order valence-corrected chi connectivity index (χ3v) is 4.68. The van der Waals surface area contributed by atoms with Crippen molar-refractivity contribution in [2.24, 2.45) is 0 Å². The number of aromatic amines is 1. The smallest absolute Gasteiger partial charge is 0.227 e. The van der Waals surface area contributed by atoms with Crippen molar-refractivity contribution in [3.63, 3.8) is 0 Å².